The fraction of sp³-hybridized carbons (Fsp3) is 0.308. The van der Waals surface area contributed by atoms with E-state index < -0.39 is 9.84 Å². The molecule has 0 aliphatic rings. The highest BCUT2D eigenvalue weighted by Crippen LogP contribution is 2.16. The van der Waals surface area contributed by atoms with Crippen LogP contribution in [-0.2, 0) is 16.4 Å². The number of thiazole rings is 1. The van der Waals surface area contributed by atoms with Crippen molar-refractivity contribution in [1.29, 1.82) is 0 Å². The second kappa shape index (κ2) is 5.81. The number of nitrogens with zero attached hydrogens (tertiary/aromatic N) is 1. The van der Waals surface area contributed by atoms with Crippen molar-refractivity contribution < 1.29 is 8.42 Å². The molecule has 1 aromatic heterocycles. The molecule has 1 heterocycles. The molecule has 19 heavy (non-hydrogen) atoms. The maximum Gasteiger partial charge on any atom is 0.175 e. The summed E-state index contributed by atoms with van der Waals surface area (Å²) in [6.45, 7) is 2.75. The molecule has 0 aliphatic carbocycles. The number of hydrogen-bond donors (Lipinski definition) is 1. The van der Waals surface area contributed by atoms with Gasteiger partial charge in [-0.1, -0.05) is 12.1 Å². The second-order valence-electron chi connectivity index (χ2n) is 4.42. The van der Waals surface area contributed by atoms with Gasteiger partial charge in [-0.05, 0) is 24.6 Å². The second-order valence-corrected chi connectivity index (χ2v) is 7.16. The molecule has 2 aromatic rings. The summed E-state index contributed by atoms with van der Waals surface area (Å²) >= 11 is 1.57. The Labute approximate surface area is 117 Å². The summed E-state index contributed by atoms with van der Waals surface area (Å²) in [5.74, 6) is 0. The molecular weight excluding hydrogens is 280 g/mol. The van der Waals surface area contributed by atoms with Crippen LogP contribution in [0.2, 0.25) is 0 Å². The monoisotopic (exact) mass is 296 g/mol. The largest absolute Gasteiger partial charge is 0.305 e. The Hall–Kier alpha value is -1.24. The lowest BCUT2D eigenvalue weighted by atomic mass is 10.1. The van der Waals surface area contributed by atoms with Crippen LogP contribution in [0.15, 0.2) is 40.1 Å². The Bertz CT molecular complexity index is 619. The Morgan fingerprint density at radius 2 is 2.00 bits per heavy atom. The Kier molecular flexibility index (Phi) is 4.34. The van der Waals surface area contributed by atoms with Crippen molar-refractivity contribution >= 4 is 21.2 Å². The van der Waals surface area contributed by atoms with Gasteiger partial charge in [-0.3, -0.25) is 0 Å². The maximum atomic E-state index is 11.4. The van der Waals surface area contributed by atoms with Crippen LogP contribution in [0.3, 0.4) is 0 Å². The minimum Gasteiger partial charge on any atom is -0.305 e. The lowest BCUT2D eigenvalue weighted by molar-refractivity contribution is 0.568. The average molecular weight is 296 g/mol. The van der Waals surface area contributed by atoms with Crippen molar-refractivity contribution in [3.8, 4) is 0 Å². The summed E-state index contributed by atoms with van der Waals surface area (Å²) in [5, 5.41) is 5.36. The zero-order valence-electron chi connectivity index (χ0n) is 10.8. The molecule has 1 N–H and O–H groups in total. The number of hydrogen-bond acceptors (Lipinski definition) is 5. The molecule has 2 rings (SSSR count). The average Bonchev–Trinajstić information content (AvgIpc) is 2.88. The Morgan fingerprint density at radius 1 is 1.32 bits per heavy atom. The fourth-order valence-corrected chi connectivity index (χ4v) is 2.89. The van der Waals surface area contributed by atoms with E-state index in [9.17, 15) is 8.42 Å². The number of nitrogens with one attached hydrogen (secondary N) is 1. The Balaban J connectivity index is 2.01. The minimum atomic E-state index is -3.12. The highest BCUT2D eigenvalue weighted by molar-refractivity contribution is 7.90. The van der Waals surface area contributed by atoms with E-state index in [2.05, 4.69) is 10.3 Å². The van der Waals surface area contributed by atoms with Gasteiger partial charge in [0.1, 0.15) is 0 Å². The number of benzene rings is 1. The molecule has 102 valence electrons. The molecule has 0 saturated carbocycles. The highest BCUT2D eigenvalue weighted by atomic mass is 32.2. The standard InChI is InChI=1S/C13H16N2O2S2/c1-10(14-7-12-8-18-9-15-12)11-3-5-13(6-4-11)19(2,16)17/h3-6,8-10,14H,7H2,1-2H3. The van der Waals surface area contributed by atoms with E-state index in [-0.39, 0.29) is 6.04 Å². The van der Waals surface area contributed by atoms with Gasteiger partial charge in [-0.2, -0.15) is 0 Å². The first kappa shape index (κ1) is 14.2. The van der Waals surface area contributed by atoms with E-state index >= 15 is 0 Å². The van der Waals surface area contributed by atoms with E-state index in [1.54, 1.807) is 23.5 Å². The first-order chi connectivity index (χ1) is 8.97. The molecule has 1 aromatic carbocycles. The van der Waals surface area contributed by atoms with Gasteiger partial charge in [-0.15, -0.1) is 11.3 Å². The van der Waals surface area contributed by atoms with Crippen molar-refractivity contribution in [3.63, 3.8) is 0 Å². The van der Waals surface area contributed by atoms with Crippen molar-refractivity contribution in [2.24, 2.45) is 0 Å². The predicted octanol–water partition coefficient (Wildman–Crippen LogP) is 2.40. The third-order valence-electron chi connectivity index (χ3n) is 2.88. The molecule has 0 bridgehead atoms. The van der Waals surface area contributed by atoms with Crippen LogP contribution in [-0.4, -0.2) is 19.7 Å². The van der Waals surface area contributed by atoms with Crippen LogP contribution >= 0.6 is 11.3 Å². The normalized spacial score (nSPS) is 13.4. The van der Waals surface area contributed by atoms with Crippen molar-refractivity contribution in [3.05, 3.63) is 46.4 Å². The van der Waals surface area contributed by atoms with Gasteiger partial charge < -0.3 is 5.32 Å². The van der Waals surface area contributed by atoms with E-state index in [0.717, 1.165) is 11.3 Å². The fourth-order valence-electron chi connectivity index (χ4n) is 1.70. The molecule has 1 unspecified atom stereocenters. The third kappa shape index (κ3) is 3.86. The smallest absolute Gasteiger partial charge is 0.175 e. The first-order valence-electron chi connectivity index (χ1n) is 5.87. The van der Waals surface area contributed by atoms with E-state index in [0.29, 0.717) is 11.4 Å². The van der Waals surface area contributed by atoms with Crippen LogP contribution in [0.5, 0.6) is 0 Å². The molecule has 0 saturated heterocycles. The predicted molar refractivity (Wildman–Crippen MR) is 76.9 cm³/mol. The van der Waals surface area contributed by atoms with Gasteiger partial charge in [0.2, 0.25) is 0 Å². The van der Waals surface area contributed by atoms with Crippen LogP contribution in [0.1, 0.15) is 24.2 Å². The Morgan fingerprint density at radius 3 is 2.53 bits per heavy atom. The van der Waals surface area contributed by atoms with E-state index in [1.807, 2.05) is 29.9 Å². The topological polar surface area (TPSA) is 59.1 Å². The lowest BCUT2D eigenvalue weighted by Crippen LogP contribution is -2.18. The molecule has 0 amide bonds. The van der Waals surface area contributed by atoms with Crippen LogP contribution in [0, 0.1) is 0 Å². The zero-order chi connectivity index (χ0) is 13.9. The van der Waals surface area contributed by atoms with Crippen molar-refractivity contribution in [2.75, 3.05) is 6.26 Å². The van der Waals surface area contributed by atoms with Crippen LogP contribution in [0.4, 0.5) is 0 Å². The van der Waals surface area contributed by atoms with E-state index in [4.69, 9.17) is 0 Å². The SMILES string of the molecule is CC(NCc1cscn1)c1ccc(S(C)(=O)=O)cc1. The summed E-state index contributed by atoms with van der Waals surface area (Å²) in [6.07, 6.45) is 1.21. The highest BCUT2D eigenvalue weighted by Gasteiger charge is 2.09. The van der Waals surface area contributed by atoms with Crippen LogP contribution < -0.4 is 5.32 Å². The molecular formula is C13H16N2O2S2. The van der Waals surface area contributed by atoms with Crippen molar-refractivity contribution in [2.45, 2.75) is 24.4 Å². The minimum absolute atomic E-state index is 0.148. The number of aromatic nitrogens is 1. The van der Waals surface area contributed by atoms with Gasteiger partial charge in [0.25, 0.3) is 0 Å². The van der Waals surface area contributed by atoms with Gasteiger partial charge in [-0.25, -0.2) is 13.4 Å². The third-order valence-corrected chi connectivity index (χ3v) is 4.64. The zero-order valence-corrected chi connectivity index (χ0v) is 12.5. The first-order valence-corrected chi connectivity index (χ1v) is 8.70. The molecule has 0 aliphatic heterocycles. The maximum absolute atomic E-state index is 11.4. The summed E-state index contributed by atoms with van der Waals surface area (Å²) in [4.78, 5) is 4.55. The van der Waals surface area contributed by atoms with Crippen LogP contribution in [0.25, 0.3) is 0 Å². The van der Waals surface area contributed by atoms with Crippen molar-refractivity contribution in [1.82, 2.24) is 10.3 Å². The molecule has 1 atom stereocenters. The summed E-state index contributed by atoms with van der Waals surface area (Å²) in [5.41, 5.74) is 3.88. The number of sulfone groups is 1. The van der Waals surface area contributed by atoms with Gasteiger partial charge in [0.05, 0.1) is 16.1 Å². The van der Waals surface area contributed by atoms with E-state index in [1.165, 1.54) is 6.26 Å². The summed E-state index contributed by atoms with van der Waals surface area (Å²) in [6, 6.07) is 7.12. The molecule has 0 radical (unpaired) electrons. The number of rotatable bonds is 5. The molecule has 4 nitrogen and oxygen atoms in total. The molecule has 0 spiro atoms. The summed E-state index contributed by atoms with van der Waals surface area (Å²) < 4.78 is 22.7. The van der Waals surface area contributed by atoms with Gasteiger partial charge >= 0.3 is 0 Å². The molecule has 6 heteroatoms. The molecule has 0 fully saturated rings. The quantitative estimate of drug-likeness (QED) is 0.920. The summed E-state index contributed by atoms with van der Waals surface area (Å²) in [7, 11) is -3.12. The van der Waals surface area contributed by atoms with Gasteiger partial charge in [0.15, 0.2) is 9.84 Å². The van der Waals surface area contributed by atoms with Gasteiger partial charge in [0, 0.05) is 24.2 Å². The lowest BCUT2D eigenvalue weighted by Gasteiger charge is -2.13.